The second kappa shape index (κ2) is 6.32. The molecule has 4 rings (SSSR count). The van der Waals surface area contributed by atoms with Crippen molar-refractivity contribution in [1.82, 2.24) is 20.3 Å². The Hall–Kier alpha value is -3.28. The van der Waals surface area contributed by atoms with Crippen molar-refractivity contribution in [3.05, 3.63) is 71.9 Å². The summed E-state index contributed by atoms with van der Waals surface area (Å²) < 4.78 is 13.7. The lowest BCUT2D eigenvalue weighted by Crippen LogP contribution is -2.26. The molecule has 0 spiro atoms. The van der Waals surface area contributed by atoms with E-state index in [9.17, 15) is 9.18 Å². The minimum absolute atomic E-state index is 0.196. The molecule has 0 aliphatic rings. The van der Waals surface area contributed by atoms with E-state index in [0.717, 1.165) is 16.5 Å². The molecular formula is C19H15FN4O. The molecule has 0 aliphatic heterocycles. The number of hydrogen-bond acceptors (Lipinski definition) is 3. The summed E-state index contributed by atoms with van der Waals surface area (Å²) in [5, 5.41) is 3.97. The molecule has 124 valence electrons. The van der Waals surface area contributed by atoms with Crippen LogP contribution in [0.4, 0.5) is 4.39 Å². The topological polar surface area (TPSA) is 70.7 Å². The number of aromatic amines is 1. The van der Waals surface area contributed by atoms with E-state index in [0.29, 0.717) is 24.0 Å². The van der Waals surface area contributed by atoms with Crippen molar-refractivity contribution < 1.29 is 9.18 Å². The molecule has 2 aromatic heterocycles. The molecular weight excluding hydrogens is 319 g/mol. The van der Waals surface area contributed by atoms with Gasteiger partial charge in [0.1, 0.15) is 11.3 Å². The van der Waals surface area contributed by atoms with Crippen LogP contribution in [0.5, 0.6) is 0 Å². The third kappa shape index (κ3) is 2.94. The van der Waals surface area contributed by atoms with E-state index in [4.69, 9.17) is 0 Å². The summed E-state index contributed by atoms with van der Waals surface area (Å²) in [6.45, 7) is 0.443. The first kappa shape index (κ1) is 15.3. The van der Waals surface area contributed by atoms with Gasteiger partial charge >= 0.3 is 0 Å². The number of amides is 1. The molecule has 0 aliphatic carbocycles. The number of para-hydroxylation sites is 1. The molecule has 0 saturated carbocycles. The molecule has 0 saturated heterocycles. The number of carbonyl (C=O) groups excluding carboxylic acids is 1. The van der Waals surface area contributed by atoms with Gasteiger partial charge in [0.2, 0.25) is 0 Å². The lowest BCUT2D eigenvalue weighted by molar-refractivity contribution is 0.0955. The quantitative estimate of drug-likeness (QED) is 0.602. The van der Waals surface area contributed by atoms with Gasteiger partial charge in [-0.1, -0.05) is 18.2 Å². The number of nitrogens with one attached hydrogen (secondary N) is 2. The van der Waals surface area contributed by atoms with Gasteiger partial charge in [0, 0.05) is 42.1 Å². The number of carbonyl (C=O) groups is 1. The van der Waals surface area contributed by atoms with Gasteiger partial charge in [0.25, 0.3) is 5.91 Å². The molecule has 5 nitrogen and oxygen atoms in total. The first-order valence-electron chi connectivity index (χ1n) is 7.96. The smallest absolute Gasteiger partial charge is 0.253 e. The van der Waals surface area contributed by atoms with Crippen molar-refractivity contribution in [2.24, 2.45) is 0 Å². The lowest BCUT2D eigenvalue weighted by Gasteiger charge is -2.07. The Morgan fingerprint density at radius 1 is 1.16 bits per heavy atom. The highest BCUT2D eigenvalue weighted by Gasteiger charge is 2.14. The first-order valence-corrected chi connectivity index (χ1v) is 7.96. The molecule has 6 heteroatoms. The molecule has 2 aromatic carbocycles. The first-order chi connectivity index (χ1) is 12.2. The molecule has 0 fully saturated rings. The van der Waals surface area contributed by atoms with Gasteiger partial charge in [-0.25, -0.2) is 4.39 Å². The van der Waals surface area contributed by atoms with Crippen molar-refractivity contribution in [2.75, 3.05) is 6.54 Å². The Balaban J connectivity index is 1.51. The van der Waals surface area contributed by atoms with Crippen LogP contribution < -0.4 is 5.32 Å². The van der Waals surface area contributed by atoms with E-state index in [-0.39, 0.29) is 11.5 Å². The molecule has 0 atom stereocenters. The normalized spacial score (nSPS) is 11.1. The third-order valence-corrected chi connectivity index (χ3v) is 4.14. The largest absolute Gasteiger partial charge is 0.361 e. The number of H-pyrrole nitrogens is 1. The van der Waals surface area contributed by atoms with Gasteiger partial charge in [-0.15, -0.1) is 0 Å². The average molecular weight is 334 g/mol. The highest BCUT2D eigenvalue weighted by Crippen LogP contribution is 2.18. The van der Waals surface area contributed by atoms with Gasteiger partial charge in [-0.3, -0.25) is 14.8 Å². The summed E-state index contributed by atoms with van der Waals surface area (Å²) in [6, 6.07) is 10.5. The second-order valence-electron chi connectivity index (χ2n) is 5.74. The van der Waals surface area contributed by atoms with Gasteiger partial charge in [-0.05, 0) is 24.1 Å². The van der Waals surface area contributed by atoms with Crippen LogP contribution in [0, 0.1) is 5.82 Å². The molecule has 0 unspecified atom stereocenters. The maximum atomic E-state index is 13.7. The van der Waals surface area contributed by atoms with Crippen LogP contribution in [-0.2, 0) is 6.42 Å². The van der Waals surface area contributed by atoms with Gasteiger partial charge < -0.3 is 10.3 Å². The molecule has 0 radical (unpaired) electrons. The molecule has 0 bridgehead atoms. The number of hydrogen-bond donors (Lipinski definition) is 2. The number of rotatable bonds is 4. The summed E-state index contributed by atoms with van der Waals surface area (Å²) >= 11 is 0. The minimum atomic E-state index is -0.505. The van der Waals surface area contributed by atoms with E-state index in [1.807, 2.05) is 30.5 Å². The number of fused-ring (bicyclic) bond motifs is 2. The van der Waals surface area contributed by atoms with Crippen molar-refractivity contribution in [1.29, 1.82) is 0 Å². The van der Waals surface area contributed by atoms with Crippen LogP contribution >= 0.6 is 0 Å². The van der Waals surface area contributed by atoms with Crippen LogP contribution in [-0.4, -0.2) is 27.4 Å². The van der Waals surface area contributed by atoms with Crippen LogP contribution in [0.3, 0.4) is 0 Å². The van der Waals surface area contributed by atoms with Crippen LogP contribution in [0.15, 0.2) is 55.0 Å². The van der Waals surface area contributed by atoms with Crippen LogP contribution in [0.25, 0.3) is 21.9 Å². The number of benzene rings is 2. The highest BCUT2D eigenvalue weighted by atomic mass is 19.1. The van der Waals surface area contributed by atoms with E-state index in [2.05, 4.69) is 20.3 Å². The highest BCUT2D eigenvalue weighted by molar-refractivity contribution is 6.04. The molecule has 4 aromatic rings. The average Bonchev–Trinajstić information content (AvgIpc) is 3.04. The van der Waals surface area contributed by atoms with Gasteiger partial charge in [0.15, 0.2) is 0 Å². The zero-order chi connectivity index (χ0) is 17.2. The Morgan fingerprint density at radius 2 is 2.00 bits per heavy atom. The summed E-state index contributed by atoms with van der Waals surface area (Å²) in [6.07, 6.45) is 5.58. The Morgan fingerprint density at radius 3 is 2.92 bits per heavy atom. The maximum Gasteiger partial charge on any atom is 0.253 e. The Bertz CT molecular complexity index is 1070. The van der Waals surface area contributed by atoms with E-state index < -0.39 is 5.82 Å². The predicted octanol–water partition coefficient (Wildman–Crippen LogP) is 3.22. The van der Waals surface area contributed by atoms with Crippen molar-refractivity contribution in [3.8, 4) is 0 Å². The molecule has 25 heavy (non-hydrogen) atoms. The van der Waals surface area contributed by atoms with Crippen molar-refractivity contribution >= 4 is 27.8 Å². The molecule has 1 amide bonds. The van der Waals surface area contributed by atoms with Crippen LogP contribution in [0.1, 0.15) is 15.9 Å². The van der Waals surface area contributed by atoms with E-state index >= 15 is 0 Å². The summed E-state index contributed by atoms with van der Waals surface area (Å²) in [4.78, 5) is 23.9. The zero-order valence-electron chi connectivity index (χ0n) is 13.3. The second-order valence-corrected chi connectivity index (χ2v) is 5.74. The SMILES string of the molecule is O=C(NCCc1c[nH]c2ccccc12)c1cc(F)cc2nccnc12. The fraction of sp³-hybridized carbons (Fsp3) is 0.105. The third-order valence-electron chi connectivity index (χ3n) is 4.14. The van der Waals surface area contributed by atoms with Gasteiger partial charge in [-0.2, -0.15) is 0 Å². The van der Waals surface area contributed by atoms with E-state index in [1.54, 1.807) is 0 Å². The molecule has 2 heterocycles. The minimum Gasteiger partial charge on any atom is -0.361 e. The van der Waals surface area contributed by atoms with Crippen LogP contribution in [0.2, 0.25) is 0 Å². The summed E-state index contributed by atoms with van der Waals surface area (Å²) in [5.41, 5.74) is 3.15. The lowest BCUT2D eigenvalue weighted by atomic mass is 10.1. The number of halogens is 1. The van der Waals surface area contributed by atoms with E-state index in [1.165, 1.54) is 24.5 Å². The van der Waals surface area contributed by atoms with Crippen molar-refractivity contribution in [3.63, 3.8) is 0 Å². The van der Waals surface area contributed by atoms with Crippen molar-refractivity contribution in [2.45, 2.75) is 6.42 Å². The monoisotopic (exact) mass is 334 g/mol. The fourth-order valence-electron chi connectivity index (χ4n) is 2.96. The summed E-state index contributed by atoms with van der Waals surface area (Å²) in [7, 11) is 0. The van der Waals surface area contributed by atoms with Gasteiger partial charge in [0.05, 0.1) is 11.1 Å². The standard InChI is InChI=1S/C19H15FN4O/c20-13-9-15(18-17(10-13)21-7-8-22-18)19(25)23-6-5-12-11-24-16-4-2-1-3-14(12)16/h1-4,7-11,24H,5-6H2,(H,23,25). The Kier molecular flexibility index (Phi) is 3.85. The maximum absolute atomic E-state index is 13.7. The summed E-state index contributed by atoms with van der Waals surface area (Å²) in [5.74, 6) is -0.861. The zero-order valence-corrected chi connectivity index (χ0v) is 13.3. The predicted molar refractivity (Wildman–Crippen MR) is 93.8 cm³/mol. The number of aromatic nitrogens is 3. The fourth-order valence-corrected chi connectivity index (χ4v) is 2.96. The Labute approximate surface area is 142 Å². The number of nitrogens with zero attached hydrogens (tertiary/aromatic N) is 2. The molecule has 2 N–H and O–H groups in total.